The van der Waals surface area contributed by atoms with E-state index in [-0.39, 0.29) is 37.2 Å². The van der Waals surface area contributed by atoms with Gasteiger partial charge in [0, 0.05) is 0 Å². The van der Waals surface area contributed by atoms with Gasteiger partial charge in [-0.05, 0) is 0 Å². The summed E-state index contributed by atoms with van der Waals surface area (Å²) in [6, 6.07) is 0. The molecule has 0 aromatic heterocycles. The number of hydrogen-bond donors (Lipinski definition) is 3. The molecule has 36 valence electrons. The molecule has 0 amide bonds. The molecular formula is H9AlBGaO3. The summed E-state index contributed by atoms with van der Waals surface area (Å²) in [5.74, 6) is 0. The van der Waals surface area contributed by atoms with Gasteiger partial charge in [0.15, 0.2) is 17.4 Å². The average molecular weight is 165 g/mol. The second-order valence-corrected chi connectivity index (χ2v) is 0.346. The van der Waals surface area contributed by atoms with Crippen molar-refractivity contribution < 1.29 is 15.1 Å². The second-order valence-electron chi connectivity index (χ2n) is 0.346. The molecule has 0 spiro atoms. The Kier molecular flexibility index (Phi) is 24.7. The fourth-order valence-corrected chi connectivity index (χ4v) is 0. The first-order valence-corrected chi connectivity index (χ1v) is 0.775. The Hall–Kier alpha value is 1.11. The van der Waals surface area contributed by atoms with Crippen molar-refractivity contribution in [3.63, 3.8) is 0 Å². The van der Waals surface area contributed by atoms with Crippen LogP contribution in [0.25, 0.3) is 0 Å². The van der Waals surface area contributed by atoms with E-state index in [1.54, 1.807) is 0 Å². The first-order valence-electron chi connectivity index (χ1n) is 0.775. The molecule has 0 radical (unpaired) electrons. The summed E-state index contributed by atoms with van der Waals surface area (Å²) in [6.07, 6.45) is 0. The van der Waals surface area contributed by atoms with Gasteiger partial charge in [-0.3, -0.25) is 0 Å². The molecule has 0 saturated heterocycles. The summed E-state index contributed by atoms with van der Waals surface area (Å²) in [5.41, 5.74) is 0. The van der Waals surface area contributed by atoms with Crippen LogP contribution >= 0.6 is 0 Å². The zero-order valence-electron chi connectivity index (χ0n) is 1.92. The topological polar surface area (TPSA) is 60.7 Å². The third-order valence-corrected chi connectivity index (χ3v) is 0. The summed E-state index contributed by atoms with van der Waals surface area (Å²) in [6.45, 7) is 0. The van der Waals surface area contributed by atoms with E-state index in [9.17, 15) is 0 Å². The Morgan fingerprint density at radius 3 is 1.00 bits per heavy atom. The summed E-state index contributed by atoms with van der Waals surface area (Å²) in [5, 5.41) is 21.5. The molecule has 0 aromatic carbocycles. The molecule has 0 aliphatic rings. The van der Waals surface area contributed by atoms with Crippen LogP contribution < -0.4 is 0 Å². The summed E-state index contributed by atoms with van der Waals surface area (Å²) in [4.78, 5) is 0. The molecule has 0 fully saturated rings. The number of rotatable bonds is 0. The second kappa shape index (κ2) is 9.45. The minimum absolute atomic E-state index is 0. The molecule has 0 atom stereocenters. The number of hydrogen-bond acceptors (Lipinski definition) is 3. The normalized spacial score (nSPS) is 4.50. The van der Waals surface area contributed by atoms with E-state index >= 15 is 0 Å². The molecule has 3 nitrogen and oxygen atoms in total. The van der Waals surface area contributed by atoms with E-state index in [1.807, 2.05) is 0 Å². The van der Waals surface area contributed by atoms with Gasteiger partial charge in [0.05, 0.1) is 0 Å². The molecular weight excluding hydrogens is 156 g/mol. The van der Waals surface area contributed by atoms with Crippen molar-refractivity contribution in [1.82, 2.24) is 0 Å². The van der Waals surface area contributed by atoms with Crippen LogP contribution in [0.2, 0.25) is 0 Å². The van der Waals surface area contributed by atoms with Gasteiger partial charge in [-0.1, -0.05) is 0 Å². The van der Waals surface area contributed by atoms with E-state index in [0.717, 1.165) is 0 Å². The van der Waals surface area contributed by atoms with E-state index in [0.29, 0.717) is 0 Å². The predicted molar refractivity (Wildman–Crippen MR) is 32.3 cm³/mol. The van der Waals surface area contributed by atoms with Crippen LogP contribution in [0.3, 0.4) is 0 Å². The van der Waals surface area contributed by atoms with Crippen molar-refractivity contribution in [1.29, 1.82) is 0 Å². The Morgan fingerprint density at radius 1 is 1.00 bits per heavy atom. The van der Waals surface area contributed by atoms with Crippen LogP contribution in [0.15, 0.2) is 0 Å². The molecule has 0 aliphatic heterocycles. The first-order chi connectivity index (χ1) is 1.73. The van der Waals surface area contributed by atoms with Crippen LogP contribution in [-0.4, -0.2) is 59.5 Å². The fourth-order valence-electron chi connectivity index (χ4n) is 0. The molecule has 3 N–H and O–H groups in total. The van der Waals surface area contributed by atoms with E-state index in [2.05, 4.69) is 0 Å². The van der Waals surface area contributed by atoms with Crippen molar-refractivity contribution in [2.45, 2.75) is 0 Å². The third-order valence-electron chi connectivity index (χ3n) is 0. The van der Waals surface area contributed by atoms with Gasteiger partial charge in [0.2, 0.25) is 0 Å². The Balaban J connectivity index is -0.0000000450. The monoisotopic (exact) mass is 164 g/mol. The maximum atomic E-state index is 7.17. The van der Waals surface area contributed by atoms with Crippen LogP contribution in [0.1, 0.15) is 0 Å². The summed E-state index contributed by atoms with van der Waals surface area (Å²) < 4.78 is 0. The van der Waals surface area contributed by atoms with Crippen LogP contribution in [0, 0.1) is 0 Å². The molecule has 0 saturated carbocycles. The molecule has 0 rings (SSSR count). The first kappa shape index (κ1) is 15.7. The van der Waals surface area contributed by atoms with Gasteiger partial charge < -0.3 is 15.1 Å². The minimum atomic E-state index is -2.17. The van der Waals surface area contributed by atoms with Crippen LogP contribution in [0.4, 0.5) is 0 Å². The molecule has 6 heavy (non-hydrogen) atoms. The van der Waals surface area contributed by atoms with Crippen LogP contribution in [-0.2, 0) is 0 Å². The van der Waals surface area contributed by atoms with Crippen molar-refractivity contribution >= 4 is 44.5 Å². The van der Waals surface area contributed by atoms with Gasteiger partial charge in [-0.15, -0.1) is 0 Å². The zero-order valence-corrected chi connectivity index (χ0v) is 1.92. The van der Waals surface area contributed by atoms with E-state index in [4.69, 9.17) is 15.1 Å². The van der Waals surface area contributed by atoms with Crippen molar-refractivity contribution in [2.75, 3.05) is 0 Å². The fraction of sp³-hybridized carbons (Fsp3) is 0. The SMILES string of the molecule is OB(O)O.[AlH3].[GaH3]. The van der Waals surface area contributed by atoms with E-state index < -0.39 is 7.32 Å². The quantitative estimate of drug-likeness (QED) is 0.317. The van der Waals surface area contributed by atoms with Gasteiger partial charge >= 0.3 is 27.1 Å². The molecule has 0 aromatic rings. The van der Waals surface area contributed by atoms with Gasteiger partial charge in [0.1, 0.15) is 0 Å². The van der Waals surface area contributed by atoms with Gasteiger partial charge in [-0.25, -0.2) is 0 Å². The predicted octanol–water partition coefficient (Wildman–Crippen LogP) is -4.42. The van der Waals surface area contributed by atoms with E-state index in [1.165, 1.54) is 0 Å². The average Bonchev–Trinajstić information content (AvgIpc) is 0.811. The van der Waals surface area contributed by atoms with Crippen LogP contribution in [0.5, 0.6) is 0 Å². The Morgan fingerprint density at radius 2 is 1.00 bits per heavy atom. The summed E-state index contributed by atoms with van der Waals surface area (Å²) >= 11 is 0. The molecule has 6 heteroatoms. The Bertz CT molecular complexity index is 15.5. The van der Waals surface area contributed by atoms with Gasteiger partial charge in [-0.2, -0.15) is 0 Å². The zero-order chi connectivity index (χ0) is 3.58. The third kappa shape index (κ3) is 69.8. The Labute approximate surface area is 59.7 Å². The van der Waals surface area contributed by atoms with Crippen molar-refractivity contribution in [3.05, 3.63) is 0 Å². The molecule has 0 bridgehead atoms. The van der Waals surface area contributed by atoms with Gasteiger partial charge in [0.25, 0.3) is 0 Å². The molecule has 0 heterocycles. The molecule has 0 aliphatic carbocycles. The standard InChI is InChI=1S/Al.BH3O3.Ga.6H/c;2-1(3)4;;;;;;;/h;2-4H;;;;;;;. The van der Waals surface area contributed by atoms with Crippen molar-refractivity contribution in [2.24, 2.45) is 0 Å². The molecule has 0 unspecified atom stereocenters. The van der Waals surface area contributed by atoms with Crippen molar-refractivity contribution in [3.8, 4) is 0 Å². The maximum absolute atomic E-state index is 7.17. The summed E-state index contributed by atoms with van der Waals surface area (Å²) in [7, 11) is -2.17.